The second-order valence-corrected chi connectivity index (χ2v) is 4.83. The number of hydrogen-bond donors (Lipinski definition) is 2. The molecular weight excluding hydrogens is 192 g/mol. The monoisotopic (exact) mass is 210 g/mol. The maximum atomic E-state index is 11.7. The van der Waals surface area contributed by atoms with Crippen LogP contribution in [0.2, 0.25) is 0 Å². The van der Waals surface area contributed by atoms with Crippen LogP contribution in [0, 0.1) is 0 Å². The molecule has 0 aromatic heterocycles. The molecule has 0 aromatic carbocycles. The minimum atomic E-state index is -1.54. The summed E-state index contributed by atoms with van der Waals surface area (Å²) in [5.74, 6) is -0.315. The minimum absolute atomic E-state index is 0.315. The van der Waals surface area contributed by atoms with Crippen LogP contribution in [0.25, 0.3) is 0 Å². The Morgan fingerprint density at radius 2 is 1.60 bits per heavy atom. The molecule has 1 saturated carbocycles. The minimum Gasteiger partial charge on any atom is -0.382 e. The molecule has 0 radical (unpaired) electrons. The number of aliphatic hydroxyl groups is 2. The molecule has 0 bridgehead atoms. The van der Waals surface area contributed by atoms with Crippen molar-refractivity contribution in [1.82, 2.24) is 0 Å². The molecule has 84 valence electrons. The Labute approximate surface area is 89.8 Å². The van der Waals surface area contributed by atoms with Gasteiger partial charge in [-0.2, -0.15) is 0 Å². The Morgan fingerprint density at radius 3 is 2.20 bits per heavy atom. The van der Waals surface area contributed by atoms with Gasteiger partial charge in [0.2, 0.25) is 0 Å². The summed E-state index contributed by atoms with van der Waals surface area (Å²) in [6, 6.07) is 0. The summed E-state index contributed by atoms with van der Waals surface area (Å²) in [5.41, 5.74) is -2.22. The van der Waals surface area contributed by atoms with E-state index in [9.17, 15) is 15.0 Å². The van der Waals surface area contributed by atoms with Crippen molar-refractivity contribution in [3.05, 3.63) is 11.6 Å². The van der Waals surface area contributed by atoms with E-state index >= 15 is 0 Å². The standard InChI is InChI=1S/C12H18O3/c1-9-8-10(13)12(15)7-5-3-2-4-6-11(9,12)14/h8,14-15H,2-7H2,1H3/t11-,12+/m1/s1. The topological polar surface area (TPSA) is 57.5 Å². The average Bonchev–Trinajstić information content (AvgIpc) is 2.32. The Hall–Kier alpha value is -0.670. The summed E-state index contributed by atoms with van der Waals surface area (Å²) >= 11 is 0. The molecule has 0 aromatic rings. The van der Waals surface area contributed by atoms with Gasteiger partial charge in [0.05, 0.1) is 0 Å². The van der Waals surface area contributed by atoms with E-state index in [4.69, 9.17) is 0 Å². The Kier molecular flexibility index (Phi) is 2.47. The van der Waals surface area contributed by atoms with Crippen LogP contribution in [-0.2, 0) is 4.79 Å². The van der Waals surface area contributed by atoms with Gasteiger partial charge in [0.15, 0.2) is 11.4 Å². The van der Waals surface area contributed by atoms with Gasteiger partial charge >= 0.3 is 0 Å². The lowest BCUT2D eigenvalue weighted by atomic mass is 9.73. The van der Waals surface area contributed by atoms with E-state index in [0.29, 0.717) is 18.4 Å². The third kappa shape index (κ3) is 1.37. The van der Waals surface area contributed by atoms with Crippen LogP contribution in [0.4, 0.5) is 0 Å². The van der Waals surface area contributed by atoms with E-state index in [2.05, 4.69) is 0 Å². The highest BCUT2D eigenvalue weighted by molar-refractivity contribution is 6.02. The van der Waals surface area contributed by atoms with Crippen LogP contribution in [-0.4, -0.2) is 27.2 Å². The van der Waals surface area contributed by atoms with Crippen molar-refractivity contribution in [3.63, 3.8) is 0 Å². The van der Waals surface area contributed by atoms with E-state index in [1.165, 1.54) is 6.08 Å². The fourth-order valence-corrected chi connectivity index (χ4v) is 2.81. The smallest absolute Gasteiger partial charge is 0.190 e. The van der Waals surface area contributed by atoms with Gasteiger partial charge in [-0.1, -0.05) is 19.3 Å². The molecule has 2 N–H and O–H groups in total. The molecule has 2 aliphatic carbocycles. The van der Waals surface area contributed by atoms with E-state index in [0.717, 1.165) is 25.7 Å². The molecule has 0 aliphatic heterocycles. The summed E-state index contributed by atoms with van der Waals surface area (Å²) in [6.07, 6.45) is 6.08. The quantitative estimate of drug-likeness (QED) is 0.634. The molecule has 1 fully saturated rings. The van der Waals surface area contributed by atoms with Gasteiger partial charge < -0.3 is 10.2 Å². The van der Waals surface area contributed by atoms with Crippen LogP contribution < -0.4 is 0 Å². The van der Waals surface area contributed by atoms with Gasteiger partial charge in [-0.3, -0.25) is 4.79 Å². The number of carbonyl (C=O) groups is 1. The predicted molar refractivity (Wildman–Crippen MR) is 56.4 cm³/mol. The fraction of sp³-hybridized carbons (Fsp3) is 0.750. The van der Waals surface area contributed by atoms with Crippen molar-refractivity contribution >= 4 is 5.78 Å². The molecule has 15 heavy (non-hydrogen) atoms. The van der Waals surface area contributed by atoms with Crippen LogP contribution in [0.3, 0.4) is 0 Å². The highest BCUT2D eigenvalue weighted by Crippen LogP contribution is 2.44. The summed E-state index contributed by atoms with van der Waals surface area (Å²) in [4.78, 5) is 11.7. The number of hydrogen-bond acceptors (Lipinski definition) is 3. The van der Waals surface area contributed by atoms with Gasteiger partial charge in [-0.05, 0) is 37.8 Å². The highest BCUT2D eigenvalue weighted by Gasteiger charge is 2.58. The Bertz CT molecular complexity index is 321. The Balaban J connectivity index is 2.38. The molecule has 2 atom stereocenters. The first kappa shape index (κ1) is 10.8. The zero-order valence-corrected chi connectivity index (χ0v) is 9.12. The van der Waals surface area contributed by atoms with E-state index in [1.807, 2.05) is 0 Å². The van der Waals surface area contributed by atoms with Crippen LogP contribution in [0.5, 0.6) is 0 Å². The van der Waals surface area contributed by atoms with Crippen molar-refractivity contribution in [2.45, 2.75) is 56.7 Å². The summed E-state index contributed by atoms with van der Waals surface area (Å²) in [6.45, 7) is 1.73. The van der Waals surface area contributed by atoms with E-state index in [-0.39, 0.29) is 5.78 Å². The van der Waals surface area contributed by atoms with Crippen molar-refractivity contribution in [3.8, 4) is 0 Å². The molecule has 2 rings (SSSR count). The van der Waals surface area contributed by atoms with Gasteiger partial charge in [-0.15, -0.1) is 0 Å². The second-order valence-electron chi connectivity index (χ2n) is 4.83. The van der Waals surface area contributed by atoms with Crippen molar-refractivity contribution in [2.24, 2.45) is 0 Å². The van der Waals surface area contributed by atoms with E-state index in [1.54, 1.807) is 6.92 Å². The molecule has 0 spiro atoms. The first-order chi connectivity index (χ1) is 7.01. The fourth-order valence-electron chi connectivity index (χ4n) is 2.81. The van der Waals surface area contributed by atoms with Gasteiger partial charge in [0.25, 0.3) is 0 Å². The number of fused-ring (bicyclic) bond motifs is 1. The average molecular weight is 210 g/mol. The lowest BCUT2D eigenvalue weighted by Crippen LogP contribution is -2.56. The van der Waals surface area contributed by atoms with Gasteiger partial charge in [0.1, 0.15) is 5.60 Å². The SMILES string of the molecule is CC1=CC(=O)[C@@]2(O)CCCCCC[C@@]12O. The zero-order chi connectivity index (χ0) is 11.1. The molecule has 3 nitrogen and oxygen atoms in total. The van der Waals surface area contributed by atoms with Crippen LogP contribution >= 0.6 is 0 Å². The maximum Gasteiger partial charge on any atom is 0.190 e. The van der Waals surface area contributed by atoms with Crippen LogP contribution in [0.15, 0.2) is 11.6 Å². The van der Waals surface area contributed by atoms with Gasteiger partial charge in [0, 0.05) is 0 Å². The third-order valence-electron chi connectivity index (χ3n) is 3.92. The van der Waals surface area contributed by atoms with Crippen molar-refractivity contribution < 1.29 is 15.0 Å². The third-order valence-corrected chi connectivity index (χ3v) is 3.92. The first-order valence-electron chi connectivity index (χ1n) is 5.69. The molecule has 0 heterocycles. The van der Waals surface area contributed by atoms with Crippen molar-refractivity contribution in [2.75, 3.05) is 0 Å². The number of ketones is 1. The highest BCUT2D eigenvalue weighted by atomic mass is 16.4. The first-order valence-corrected chi connectivity index (χ1v) is 5.69. The molecule has 2 aliphatic rings. The normalized spacial score (nSPS) is 41.8. The predicted octanol–water partition coefficient (Wildman–Crippen LogP) is 1.33. The molecule has 0 amide bonds. The molecule has 0 unspecified atom stereocenters. The maximum absolute atomic E-state index is 11.7. The number of rotatable bonds is 0. The summed E-state index contributed by atoms with van der Waals surface area (Å²) in [5, 5.41) is 20.8. The molecule has 0 saturated heterocycles. The second kappa shape index (κ2) is 3.42. The largest absolute Gasteiger partial charge is 0.382 e. The molecular formula is C12H18O3. The summed E-state index contributed by atoms with van der Waals surface area (Å²) in [7, 11) is 0. The van der Waals surface area contributed by atoms with E-state index < -0.39 is 11.2 Å². The van der Waals surface area contributed by atoms with Gasteiger partial charge in [-0.25, -0.2) is 0 Å². The molecule has 3 heteroatoms. The van der Waals surface area contributed by atoms with Crippen molar-refractivity contribution in [1.29, 1.82) is 0 Å². The zero-order valence-electron chi connectivity index (χ0n) is 9.12. The lowest BCUT2D eigenvalue weighted by molar-refractivity contribution is -0.160. The Morgan fingerprint density at radius 1 is 1.07 bits per heavy atom. The van der Waals surface area contributed by atoms with Crippen LogP contribution in [0.1, 0.15) is 45.4 Å². The lowest BCUT2D eigenvalue weighted by Gasteiger charge is -2.40. The number of carbonyl (C=O) groups excluding carboxylic acids is 1. The summed E-state index contributed by atoms with van der Waals surface area (Å²) < 4.78 is 0.